The van der Waals surface area contributed by atoms with Crippen molar-refractivity contribution in [2.24, 2.45) is 0 Å². The SMILES string of the molecule is O=C(C(=O)C(O)C(O)C(O)CO)C(O)C(O)CO. The van der Waals surface area contributed by atoms with Crippen LogP contribution in [0.25, 0.3) is 0 Å². The average Bonchev–Trinajstić information content (AvgIpc) is 2.40. The summed E-state index contributed by atoms with van der Waals surface area (Å²) < 4.78 is 0. The molecule has 7 N–H and O–H groups in total. The number of Topliss-reactive ketones (excluding diaryl/α,β-unsaturated/α-hetero) is 2. The highest BCUT2D eigenvalue weighted by atomic mass is 16.4. The third kappa shape index (κ3) is 4.07. The maximum absolute atomic E-state index is 11.3. The fraction of sp³-hybridized carbons (Fsp3) is 0.778. The van der Waals surface area contributed by atoms with Crippen molar-refractivity contribution < 1.29 is 45.3 Å². The third-order valence-corrected chi connectivity index (χ3v) is 2.24. The Morgan fingerprint density at radius 1 is 0.722 bits per heavy atom. The van der Waals surface area contributed by atoms with Gasteiger partial charge in [0.05, 0.1) is 13.2 Å². The van der Waals surface area contributed by atoms with Crippen molar-refractivity contribution in [3.05, 3.63) is 0 Å². The van der Waals surface area contributed by atoms with Gasteiger partial charge in [0.1, 0.15) is 30.5 Å². The van der Waals surface area contributed by atoms with Crippen LogP contribution >= 0.6 is 0 Å². The maximum Gasteiger partial charge on any atom is 0.232 e. The molecular formula is C9H16O9. The monoisotopic (exact) mass is 268 g/mol. The van der Waals surface area contributed by atoms with E-state index in [1.54, 1.807) is 0 Å². The minimum absolute atomic E-state index is 0.957. The topological polar surface area (TPSA) is 176 Å². The Labute approximate surface area is 102 Å². The van der Waals surface area contributed by atoms with Crippen LogP contribution < -0.4 is 0 Å². The molecule has 0 rings (SSSR count). The molecule has 0 aliphatic carbocycles. The van der Waals surface area contributed by atoms with Crippen molar-refractivity contribution in [1.82, 2.24) is 0 Å². The molecule has 0 aliphatic heterocycles. The van der Waals surface area contributed by atoms with Gasteiger partial charge in [-0.15, -0.1) is 0 Å². The first kappa shape index (κ1) is 17.1. The van der Waals surface area contributed by atoms with E-state index < -0.39 is 55.3 Å². The molecule has 0 aromatic heterocycles. The second kappa shape index (κ2) is 7.48. The van der Waals surface area contributed by atoms with Gasteiger partial charge in [-0.25, -0.2) is 0 Å². The fourth-order valence-corrected chi connectivity index (χ4v) is 1.04. The Morgan fingerprint density at radius 2 is 1.11 bits per heavy atom. The minimum atomic E-state index is -2.36. The molecule has 0 saturated heterocycles. The number of carbonyl (C=O) groups is 2. The van der Waals surface area contributed by atoms with E-state index in [1.165, 1.54) is 0 Å². The van der Waals surface area contributed by atoms with Gasteiger partial charge < -0.3 is 35.7 Å². The van der Waals surface area contributed by atoms with Gasteiger partial charge in [0, 0.05) is 0 Å². The summed E-state index contributed by atoms with van der Waals surface area (Å²) in [6.45, 7) is -1.94. The van der Waals surface area contributed by atoms with Crippen LogP contribution in [0, 0.1) is 0 Å². The summed E-state index contributed by atoms with van der Waals surface area (Å²) in [5, 5.41) is 62.3. The normalized spacial score (nSPS) is 19.7. The first-order chi connectivity index (χ1) is 8.27. The van der Waals surface area contributed by atoms with Gasteiger partial charge in [-0.05, 0) is 0 Å². The molecule has 0 radical (unpaired) electrons. The number of aliphatic hydroxyl groups is 7. The molecule has 9 heteroatoms. The Balaban J connectivity index is 4.69. The van der Waals surface area contributed by atoms with Crippen molar-refractivity contribution >= 4 is 11.6 Å². The van der Waals surface area contributed by atoms with Crippen LogP contribution in [0.2, 0.25) is 0 Å². The molecule has 0 fully saturated rings. The highest BCUT2D eigenvalue weighted by Crippen LogP contribution is 2.05. The van der Waals surface area contributed by atoms with E-state index in [1.807, 2.05) is 0 Å². The Hall–Kier alpha value is -0.940. The molecule has 5 atom stereocenters. The summed E-state index contributed by atoms with van der Waals surface area (Å²) in [6, 6.07) is 0. The second-order valence-corrected chi connectivity index (χ2v) is 3.61. The summed E-state index contributed by atoms with van der Waals surface area (Å²) in [5.41, 5.74) is 0. The predicted molar refractivity (Wildman–Crippen MR) is 54.2 cm³/mol. The van der Waals surface area contributed by atoms with Crippen molar-refractivity contribution in [2.45, 2.75) is 30.5 Å². The number of hydrogen-bond donors (Lipinski definition) is 7. The van der Waals surface area contributed by atoms with Crippen LogP contribution in [0.3, 0.4) is 0 Å². The molecule has 0 saturated carbocycles. The van der Waals surface area contributed by atoms with E-state index in [-0.39, 0.29) is 0 Å². The highest BCUT2D eigenvalue weighted by molar-refractivity contribution is 6.40. The number of rotatable bonds is 8. The lowest BCUT2D eigenvalue weighted by molar-refractivity contribution is -0.156. The van der Waals surface area contributed by atoms with Crippen LogP contribution in [0.4, 0.5) is 0 Å². The van der Waals surface area contributed by atoms with E-state index in [0.29, 0.717) is 0 Å². The van der Waals surface area contributed by atoms with Crippen molar-refractivity contribution in [1.29, 1.82) is 0 Å². The molecule has 0 amide bonds. The largest absolute Gasteiger partial charge is 0.394 e. The summed E-state index contributed by atoms with van der Waals surface area (Å²) in [6.07, 6.45) is -10.5. The molecule has 0 bridgehead atoms. The molecule has 5 unspecified atom stereocenters. The van der Waals surface area contributed by atoms with Crippen LogP contribution in [0.15, 0.2) is 0 Å². The smallest absolute Gasteiger partial charge is 0.232 e. The lowest BCUT2D eigenvalue weighted by atomic mass is 9.97. The first-order valence-corrected chi connectivity index (χ1v) is 4.98. The maximum atomic E-state index is 11.3. The van der Waals surface area contributed by atoms with Crippen LogP contribution in [0.5, 0.6) is 0 Å². The molecule has 0 aromatic rings. The standard InChI is InChI=1S/C9H16O9/c10-1-3(12)5(14)7(16)9(18)8(17)6(15)4(13)2-11/h3-7,10-16H,1-2H2. The lowest BCUT2D eigenvalue weighted by Crippen LogP contribution is -2.50. The Bertz CT molecular complexity index is 292. The highest BCUT2D eigenvalue weighted by Gasteiger charge is 2.38. The molecule has 0 aliphatic rings. The van der Waals surface area contributed by atoms with E-state index in [0.717, 1.165) is 0 Å². The number of ketones is 2. The first-order valence-electron chi connectivity index (χ1n) is 4.98. The van der Waals surface area contributed by atoms with Crippen LogP contribution in [-0.4, -0.2) is 91.0 Å². The van der Waals surface area contributed by atoms with Gasteiger partial charge in [0.25, 0.3) is 0 Å². The summed E-state index contributed by atoms with van der Waals surface area (Å²) >= 11 is 0. The van der Waals surface area contributed by atoms with E-state index in [9.17, 15) is 14.7 Å². The number of carbonyl (C=O) groups excluding carboxylic acids is 2. The molecule has 0 heterocycles. The van der Waals surface area contributed by atoms with E-state index in [2.05, 4.69) is 0 Å². The average molecular weight is 268 g/mol. The minimum Gasteiger partial charge on any atom is -0.394 e. The van der Waals surface area contributed by atoms with Crippen molar-refractivity contribution in [3.63, 3.8) is 0 Å². The second-order valence-electron chi connectivity index (χ2n) is 3.61. The zero-order valence-electron chi connectivity index (χ0n) is 9.25. The lowest BCUT2D eigenvalue weighted by Gasteiger charge is -2.21. The summed E-state index contributed by atoms with van der Waals surface area (Å²) in [5.74, 6) is -3.29. The quantitative estimate of drug-likeness (QED) is 0.212. The Morgan fingerprint density at radius 3 is 1.50 bits per heavy atom. The molecule has 9 nitrogen and oxygen atoms in total. The fourth-order valence-electron chi connectivity index (χ4n) is 1.04. The van der Waals surface area contributed by atoms with Crippen molar-refractivity contribution in [2.75, 3.05) is 13.2 Å². The van der Waals surface area contributed by atoms with Gasteiger partial charge in [-0.3, -0.25) is 9.59 Å². The summed E-state index contributed by atoms with van der Waals surface area (Å²) in [7, 11) is 0. The van der Waals surface area contributed by atoms with E-state index >= 15 is 0 Å². The third-order valence-electron chi connectivity index (χ3n) is 2.24. The van der Waals surface area contributed by atoms with Gasteiger partial charge in [0.2, 0.25) is 11.6 Å². The predicted octanol–water partition coefficient (Wildman–Crippen LogP) is -5.09. The van der Waals surface area contributed by atoms with Gasteiger partial charge in [-0.2, -0.15) is 0 Å². The summed E-state index contributed by atoms with van der Waals surface area (Å²) in [4.78, 5) is 22.5. The van der Waals surface area contributed by atoms with Crippen LogP contribution in [-0.2, 0) is 9.59 Å². The molecule has 0 spiro atoms. The van der Waals surface area contributed by atoms with Gasteiger partial charge in [-0.1, -0.05) is 0 Å². The van der Waals surface area contributed by atoms with Crippen molar-refractivity contribution in [3.8, 4) is 0 Å². The zero-order chi connectivity index (χ0) is 14.5. The van der Waals surface area contributed by atoms with E-state index in [4.69, 9.17) is 30.6 Å². The molecule has 0 aromatic carbocycles. The zero-order valence-corrected chi connectivity index (χ0v) is 9.25. The Kier molecular flexibility index (Phi) is 7.09. The van der Waals surface area contributed by atoms with Crippen LogP contribution in [0.1, 0.15) is 0 Å². The number of hydrogen-bond acceptors (Lipinski definition) is 9. The van der Waals surface area contributed by atoms with Gasteiger partial charge >= 0.3 is 0 Å². The molecular weight excluding hydrogens is 252 g/mol. The number of aliphatic hydroxyl groups excluding tert-OH is 7. The molecule has 106 valence electrons. The molecule has 18 heavy (non-hydrogen) atoms. The van der Waals surface area contributed by atoms with Gasteiger partial charge in [0.15, 0.2) is 0 Å².